The number of ether oxygens (including phenoxy) is 1. The molecule has 0 fully saturated rings. The van der Waals surface area contributed by atoms with Crippen molar-refractivity contribution in [1.82, 2.24) is 19.5 Å². The van der Waals surface area contributed by atoms with Crippen LogP contribution in [0.5, 0.6) is 5.75 Å². The summed E-state index contributed by atoms with van der Waals surface area (Å²) in [6.07, 6.45) is 6.98. The van der Waals surface area contributed by atoms with E-state index in [0.29, 0.717) is 11.3 Å². The monoisotopic (exact) mass is 372 g/mol. The lowest BCUT2D eigenvalue weighted by atomic mass is 10.1. The molecule has 0 unspecified atom stereocenters. The van der Waals surface area contributed by atoms with Gasteiger partial charge in [0.05, 0.1) is 18.2 Å². The average molecular weight is 372 g/mol. The van der Waals surface area contributed by atoms with Gasteiger partial charge in [-0.05, 0) is 30.2 Å². The van der Waals surface area contributed by atoms with Crippen LogP contribution < -0.4 is 9.46 Å². The van der Waals surface area contributed by atoms with Crippen LogP contribution >= 0.6 is 0 Å². The van der Waals surface area contributed by atoms with Crippen LogP contribution in [-0.2, 0) is 23.6 Å². The third-order valence-corrected chi connectivity index (χ3v) is 5.53. The highest BCUT2D eigenvalue weighted by Crippen LogP contribution is 2.22. The van der Waals surface area contributed by atoms with Crippen LogP contribution in [0.25, 0.3) is 11.1 Å². The lowest BCUT2D eigenvalue weighted by Crippen LogP contribution is -2.24. The van der Waals surface area contributed by atoms with E-state index < -0.39 is 10.0 Å². The second kappa shape index (κ2) is 7.27. The van der Waals surface area contributed by atoms with Crippen LogP contribution in [0.4, 0.5) is 0 Å². The van der Waals surface area contributed by atoms with E-state index in [1.807, 2.05) is 19.3 Å². The zero-order valence-electron chi connectivity index (χ0n) is 14.8. The Labute approximate surface area is 152 Å². The summed E-state index contributed by atoms with van der Waals surface area (Å²) in [5.74, 6) is 0.496. The molecule has 8 heteroatoms. The first kappa shape index (κ1) is 18.1. The van der Waals surface area contributed by atoms with Crippen molar-refractivity contribution in [2.75, 3.05) is 7.11 Å². The predicted octanol–water partition coefficient (Wildman–Crippen LogP) is 2.28. The molecule has 7 nitrogen and oxygen atoms in total. The summed E-state index contributed by atoms with van der Waals surface area (Å²) in [6, 6.07) is 6.86. The molecule has 3 aromatic rings. The number of nitrogens with zero attached hydrogens (tertiary/aromatic N) is 3. The van der Waals surface area contributed by atoms with E-state index in [-0.39, 0.29) is 11.4 Å². The van der Waals surface area contributed by atoms with Crippen molar-refractivity contribution in [1.29, 1.82) is 0 Å². The number of aryl methyl sites for hydroxylation is 2. The number of sulfonamides is 1. The van der Waals surface area contributed by atoms with Crippen molar-refractivity contribution in [3.63, 3.8) is 0 Å². The van der Waals surface area contributed by atoms with Gasteiger partial charge >= 0.3 is 0 Å². The molecule has 136 valence electrons. The molecular weight excluding hydrogens is 352 g/mol. The van der Waals surface area contributed by atoms with Gasteiger partial charge in [-0.25, -0.2) is 13.1 Å². The van der Waals surface area contributed by atoms with E-state index >= 15 is 0 Å². The van der Waals surface area contributed by atoms with Crippen LogP contribution in [0, 0.1) is 6.92 Å². The molecule has 0 spiro atoms. The zero-order chi connectivity index (χ0) is 18.7. The zero-order valence-corrected chi connectivity index (χ0v) is 15.6. The first-order valence-corrected chi connectivity index (χ1v) is 9.44. The molecule has 0 amide bonds. The first-order valence-electron chi connectivity index (χ1n) is 7.96. The molecule has 0 saturated carbocycles. The minimum Gasteiger partial charge on any atom is -0.497 e. The molecule has 2 heterocycles. The van der Waals surface area contributed by atoms with E-state index in [0.717, 1.165) is 16.7 Å². The Bertz CT molecular complexity index is 1030. The minimum atomic E-state index is -3.67. The first-order chi connectivity index (χ1) is 12.4. The lowest BCUT2D eigenvalue weighted by molar-refractivity contribution is 0.413. The lowest BCUT2D eigenvalue weighted by Gasteiger charge is -2.11. The smallest absolute Gasteiger partial charge is 0.241 e. The maximum absolute atomic E-state index is 12.7. The normalized spacial score (nSPS) is 11.5. The number of benzene rings is 1. The molecule has 0 radical (unpaired) electrons. The molecule has 1 N–H and O–H groups in total. The Morgan fingerprint density at radius 2 is 1.96 bits per heavy atom. The van der Waals surface area contributed by atoms with Gasteiger partial charge in [0.2, 0.25) is 10.0 Å². The number of methoxy groups -OCH3 is 1. The number of hydrogen-bond acceptors (Lipinski definition) is 5. The number of aromatic nitrogens is 3. The van der Waals surface area contributed by atoms with Gasteiger partial charge in [-0.1, -0.05) is 6.07 Å². The standard InChI is InChI=1S/C18H20N4O3S/c1-13-4-5-17(25-3)7-18(13)26(23,24)21-9-14-6-15(10-19-8-14)16-11-20-22(2)12-16/h4-8,10-12,21H,9H2,1-3H3. The van der Waals surface area contributed by atoms with Gasteiger partial charge in [0.25, 0.3) is 0 Å². The fraction of sp³-hybridized carbons (Fsp3) is 0.222. The number of rotatable bonds is 6. The quantitative estimate of drug-likeness (QED) is 0.717. The van der Waals surface area contributed by atoms with Crippen molar-refractivity contribution < 1.29 is 13.2 Å². The van der Waals surface area contributed by atoms with Crippen LogP contribution in [0.2, 0.25) is 0 Å². The van der Waals surface area contributed by atoms with Crippen molar-refractivity contribution >= 4 is 10.0 Å². The van der Waals surface area contributed by atoms with Gasteiger partial charge in [0.1, 0.15) is 5.75 Å². The molecule has 26 heavy (non-hydrogen) atoms. The summed E-state index contributed by atoms with van der Waals surface area (Å²) in [5.41, 5.74) is 3.22. The summed E-state index contributed by atoms with van der Waals surface area (Å²) < 4.78 is 34.8. The van der Waals surface area contributed by atoms with Crippen molar-refractivity contribution in [3.8, 4) is 16.9 Å². The van der Waals surface area contributed by atoms with Crippen molar-refractivity contribution in [2.24, 2.45) is 7.05 Å². The largest absolute Gasteiger partial charge is 0.497 e. The van der Waals surface area contributed by atoms with E-state index in [1.54, 1.807) is 42.3 Å². The highest BCUT2D eigenvalue weighted by atomic mass is 32.2. The average Bonchev–Trinajstić information content (AvgIpc) is 3.07. The molecule has 2 aromatic heterocycles. The highest BCUT2D eigenvalue weighted by Gasteiger charge is 2.17. The predicted molar refractivity (Wildman–Crippen MR) is 98.2 cm³/mol. The molecule has 0 bridgehead atoms. The Kier molecular flexibility index (Phi) is 5.06. The number of nitrogens with one attached hydrogen (secondary N) is 1. The minimum absolute atomic E-state index is 0.139. The number of hydrogen-bond donors (Lipinski definition) is 1. The molecule has 1 aromatic carbocycles. The molecule has 3 rings (SSSR count). The fourth-order valence-corrected chi connectivity index (χ4v) is 3.84. The molecule has 0 aliphatic carbocycles. The van der Waals surface area contributed by atoms with Gasteiger partial charge in [-0.2, -0.15) is 5.10 Å². The summed E-state index contributed by atoms with van der Waals surface area (Å²) in [6.45, 7) is 1.89. The Morgan fingerprint density at radius 1 is 1.15 bits per heavy atom. The second-order valence-corrected chi connectivity index (χ2v) is 7.68. The third kappa shape index (κ3) is 3.92. The Balaban J connectivity index is 1.80. The maximum Gasteiger partial charge on any atom is 0.241 e. The maximum atomic E-state index is 12.7. The SMILES string of the molecule is COc1ccc(C)c(S(=O)(=O)NCc2cncc(-c3cnn(C)c3)c2)c1. The van der Waals surface area contributed by atoms with Crippen LogP contribution in [0.15, 0.2) is 53.9 Å². The van der Waals surface area contributed by atoms with Crippen LogP contribution in [-0.4, -0.2) is 30.3 Å². The summed E-state index contributed by atoms with van der Waals surface area (Å²) in [7, 11) is -0.327. The highest BCUT2D eigenvalue weighted by molar-refractivity contribution is 7.89. The molecule has 0 atom stereocenters. The molecule has 0 saturated heterocycles. The third-order valence-electron chi connectivity index (χ3n) is 3.98. The van der Waals surface area contributed by atoms with E-state index in [4.69, 9.17) is 4.74 Å². The van der Waals surface area contributed by atoms with Crippen LogP contribution in [0.1, 0.15) is 11.1 Å². The van der Waals surface area contributed by atoms with E-state index in [1.165, 1.54) is 13.2 Å². The van der Waals surface area contributed by atoms with Gasteiger partial charge < -0.3 is 4.74 Å². The topological polar surface area (TPSA) is 86.1 Å². The molecule has 0 aliphatic rings. The summed E-state index contributed by atoms with van der Waals surface area (Å²) >= 11 is 0. The Morgan fingerprint density at radius 3 is 2.65 bits per heavy atom. The van der Waals surface area contributed by atoms with Gasteiger partial charge in [0, 0.05) is 49.4 Å². The fourth-order valence-electron chi connectivity index (χ4n) is 2.57. The van der Waals surface area contributed by atoms with Crippen molar-refractivity contribution in [3.05, 3.63) is 60.2 Å². The van der Waals surface area contributed by atoms with Gasteiger partial charge in [-0.3, -0.25) is 9.67 Å². The molecular formula is C18H20N4O3S. The summed E-state index contributed by atoms with van der Waals surface area (Å²) in [4.78, 5) is 4.40. The Hall–Kier alpha value is -2.71. The van der Waals surface area contributed by atoms with Crippen molar-refractivity contribution in [2.45, 2.75) is 18.4 Å². The summed E-state index contributed by atoms with van der Waals surface area (Å²) in [5, 5.41) is 4.14. The second-order valence-electron chi connectivity index (χ2n) is 5.94. The van der Waals surface area contributed by atoms with Gasteiger partial charge in [0.15, 0.2) is 0 Å². The van der Waals surface area contributed by atoms with Crippen LogP contribution in [0.3, 0.4) is 0 Å². The van der Waals surface area contributed by atoms with E-state index in [2.05, 4.69) is 14.8 Å². The van der Waals surface area contributed by atoms with Gasteiger partial charge in [-0.15, -0.1) is 0 Å². The molecule has 0 aliphatic heterocycles. The van der Waals surface area contributed by atoms with E-state index in [9.17, 15) is 8.42 Å². The number of pyridine rings is 1.